The largest absolute Gasteiger partial charge is 0.573 e. The van der Waals surface area contributed by atoms with E-state index in [1.807, 2.05) is 11.1 Å². The summed E-state index contributed by atoms with van der Waals surface area (Å²) >= 11 is 0. The average molecular weight is 296 g/mol. The van der Waals surface area contributed by atoms with E-state index in [-0.39, 0.29) is 5.75 Å². The molecule has 1 saturated heterocycles. The molecule has 0 amide bonds. The summed E-state index contributed by atoms with van der Waals surface area (Å²) in [6.45, 7) is 1.99. The van der Waals surface area contributed by atoms with Gasteiger partial charge >= 0.3 is 6.36 Å². The fourth-order valence-corrected chi connectivity index (χ4v) is 2.62. The third kappa shape index (κ3) is 3.15. The van der Waals surface area contributed by atoms with E-state index >= 15 is 0 Å². The molecule has 0 saturated carbocycles. The summed E-state index contributed by atoms with van der Waals surface area (Å²) in [6, 6.07) is 6.28. The number of hydrogen-bond acceptors (Lipinski definition) is 3. The maximum absolute atomic E-state index is 12.5. The Morgan fingerprint density at radius 2 is 1.90 bits per heavy atom. The average Bonchev–Trinajstić information content (AvgIpc) is 2.46. The third-order valence-corrected chi connectivity index (χ3v) is 3.54. The molecule has 112 valence electrons. The molecule has 0 bridgehead atoms. The summed E-state index contributed by atoms with van der Waals surface area (Å²) < 4.78 is 41.6. The zero-order valence-corrected chi connectivity index (χ0v) is 11.3. The molecule has 0 N–H and O–H groups in total. The minimum Gasteiger partial charge on any atom is -0.404 e. The van der Waals surface area contributed by atoms with Crippen LogP contribution in [0.1, 0.15) is 6.42 Å². The van der Waals surface area contributed by atoms with E-state index in [1.54, 1.807) is 18.2 Å². The van der Waals surface area contributed by atoms with Crippen LogP contribution in [0.4, 0.5) is 18.9 Å². The molecule has 0 unspecified atom stereocenters. The number of anilines is 1. The van der Waals surface area contributed by atoms with Crippen LogP contribution in [0.2, 0.25) is 0 Å². The highest BCUT2D eigenvalue weighted by molar-refractivity contribution is 5.59. The molecule has 1 aromatic carbocycles. The fraction of sp³-hybridized carbons (Fsp3) is 0.333. The van der Waals surface area contributed by atoms with Gasteiger partial charge in [0.1, 0.15) is 0 Å². The first-order chi connectivity index (χ1) is 10.0. The van der Waals surface area contributed by atoms with Crippen molar-refractivity contribution in [3.63, 3.8) is 0 Å². The van der Waals surface area contributed by atoms with Gasteiger partial charge in [-0.3, -0.25) is 0 Å². The monoisotopic (exact) mass is 296 g/mol. The number of para-hydroxylation sites is 2. The SMILES string of the molecule is FC(F)(F)Oc1ccccc1N1CCN2C=CCC=C2C1. The molecule has 1 fully saturated rings. The predicted octanol–water partition coefficient (Wildman–Crippen LogP) is 3.51. The van der Waals surface area contributed by atoms with Crippen molar-refractivity contribution in [1.29, 1.82) is 0 Å². The molecule has 21 heavy (non-hydrogen) atoms. The molecular formula is C15H15F3N2O. The van der Waals surface area contributed by atoms with Gasteiger partial charge in [0.2, 0.25) is 0 Å². The Labute approximate surface area is 120 Å². The predicted molar refractivity (Wildman–Crippen MR) is 73.9 cm³/mol. The Morgan fingerprint density at radius 3 is 2.71 bits per heavy atom. The molecule has 1 aromatic rings. The second kappa shape index (κ2) is 5.35. The van der Waals surface area contributed by atoms with Crippen molar-refractivity contribution in [3.05, 3.63) is 48.3 Å². The summed E-state index contributed by atoms with van der Waals surface area (Å²) in [6.07, 6.45) is 2.38. The van der Waals surface area contributed by atoms with Gasteiger partial charge in [0.15, 0.2) is 5.75 Å². The lowest BCUT2D eigenvalue weighted by Gasteiger charge is -2.39. The van der Waals surface area contributed by atoms with Gasteiger partial charge < -0.3 is 14.5 Å². The molecule has 0 spiro atoms. The van der Waals surface area contributed by atoms with Crippen molar-refractivity contribution in [3.8, 4) is 5.75 Å². The van der Waals surface area contributed by atoms with Crippen LogP contribution in [0.5, 0.6) is 5.75 Å². The first kappa shape index (κ1) is 13.9. The van der Waals surface area contributed by atoms with Crippen LogP contribution in [0.15, 0.2) is 48.3 Å². The molecular weight excluding hydrogens is 281 g/mol. The fourth-order valence-electron chi connectivity index (χ4n) is 2.62. The second-order valence-electron chi connectivity index (χ2n) is 4.95. The summed E-state index contributed by atoms with van der Waals surface area (Å²) in [4.78, 5) is 4.05. The number of alkyl halides is 3. The highest BCUT2D eigenvalue weighted by Crippen LogP contribution is 2.34. The van der Waals surface area contributed by atoms with E-state index in [2.05, 4.69) is 21.8 Å². The van der Waals surface area contributed by atoms with E-state index < -0.39 is 6.36 Å². The van der Waals surface area contributed by atoms with Crippen molar-refractivity contribution < 1.29 is 17.9 Å². The second-order valence-corrected chi connectivity index (χ2v) is 4.95. The van der Waals surface area contributed by atoms with Crippen LogP contribution in [0, 0.1) is 0 Å². The van der Waals surface area contributed by atoms with Crippen molar-refractivity contribution >= 4 is 5.69 Å². The lowest BCUT2D eigenvalue weighted by Crippen LogP contribution is -2.43. The van der Waals surface area contributed by atoms with E-state index in [0.717, 1.165) is 18.7 Å². The van der Waals surface area contributed by atoms with E-state index in [0.29, 0.717) is 18.8 Å². The zero-order valence-electron chi connectivity index (χ0n) is 11.3. The van der Waals surface area contributed by atoms with Gasteiger partial charge in [-0.15, -0.1) is 13.2 Å². The standard InChI is InChI=1S/C15H15F3N2O/c16-15(17,18)21-14-7-2-1-6-13(14)20-10-9-19-8-4-3-5-12(19)11-20/h1-2,4-8H,3,9-11H2. The van der Waals surface area contributed by atoms with Crippen molar-refractivity contribution in [1.82, 2.24) is 4.90 Å². The molecule has 3 nitrogen and oxygen atoms in total. The number of benzene rings is 1. The molecule has 2 aliphatic rings. The maximum atomic E-state index is 12.5. The first-order valence-electron chi connectivity index (χ1n) is 6.75. The smallest absolute Gasteiger partial charge is 0.404 e. The number of nitrogens with zero attached hydrogens (tertiary/aromatic N) is 2. The number of hydrogen-bond donors (Lipinski definition) is 0. The number of halogens is 3. The Kier molecular flexibility index (Phi) is 3.53. The number of piperazine rings is 1. The topological polar surface area (TPSA) is 15.7 Å². The number of fused-ring (bicyclic) bond motifs is 1. The van der Waals surface area contributed by atoms with Gasteiger partial charge in [-0.05, 0) is 18.6 Å². The quantitative estimate of drug-likeness (QED) is 0.830. The Hall–Kier alpha value is -2.11. The lowest BCUT2D eigenvalue weighted by molar-refractivity contribution is -0.274. The minimum atomic E-state index is -4.68. The summed E-state index contributed by atoms with van der Waals surface area (Å²) in [5.74, 6) is -0.148. The summed E-state index contributed by atoms with van der Waals surface area (Å²) in [7, 11) is 0. The van der Waals surface area contributed by atoms with Crippen LogP contribution >= 0.6 is 0 Å². The van der Waals surface area contributed by atoms with Gasteiger partial charge in [-0.25, -0.2) is 0 Å². The summed E-state index contributed by atoms with van der Waals surface area (Å²) in [5, 5.41) is 0. The molecule has 2 aliphatic heterocycles. The number of ether oxygens (including phenoxy) is 1. The number of rotatable bonds is 2. The van der Waals surface area contributed by atoms with Gasteiger partial charge in [0.05, 0.1) is 12.2 Å². The van der Waals surface area contributed by atoms with Crippen molar-refractivity contribution in [2.75, 3.05) is 24.5 Å². The van der Waals surface area contributed by atoms with Gasteiger partial charge in [-0.2, -0.15) is 0 Å². The Bertz CT molecular complexity index is 581. The van der Waals surface area contributed by atoms with E-state index in [4.69, 9.17) is 0 Å². The van der Waals surface area contributed by atoms with Crippen LogP contribution in [0.3, 0.4) is 0 Å². The molecule has 6 heteroatoms. The van der Waals surface area contributed by atoms with Gasteiger partial charge in [0, 0.05) is 25.0 Å². The first-order valence-corrected chi connectivity index (χ1v) is 6.75. The van der Waals surface area contributed by atoms with Crippen LogP contribution in [0.25, 0.3) is 0 Å². The summed E-state index contributed by atoms with van der Waals surface area (Å²) in [5.41, 5.74) is 1.59. The highest BCUT2D eigenvalue weighted by atomic mass is 19.4. The molecule has 0 aliphatic carbocycles. The van der Waals surface area contributed by atoms with Crippen molar-refractivity contribution in [2.24, 2.45) is 0 Å². The Morgan fingerprint density at radius 1 is 1.10 bits per heavy atom. The number of allylic oxidation sites excluding steroid dienone is 2. The minimum absolute atomic E-state index is 0.148. The van der Waals surface area contributed by atoms with E-state index in [9.17, 15) is 13.2 Å². The zero-order chi connectivity index (χ0) is 14.9. The van der Waals surface area contributed by atoms with E-state index in [1.165, 1.54) is 6.07 Å². The molecule has 0 atom stereocenters. The van der Waals surface area contributed by atoms with Gasteiger partial charge in [-0.1, -0.05) is 24.3 Å². The lowest BCUT2D eigenvalue weighted by atomic mass is 10.1. The van der Waals surface area contributed by atoms with Crippen LogP contribution in [-0.2, 0) is 0 Å². The van der Waals surface area contributed by atoms with Gasteiger partial charge in [0.25, 0.3) is 0 Å². The molecule has 0 aromatic heterocycles. The van der Waals surface area contributed by atoms with Crippen LogP contribution in [-0.4, -0.2) is 30.9 Å². The normalized spacial score (nSPS) is 18.3. The molecule has 2 heterocycles. The maximum Gasteiger partial charge on any atom is 0.573 e. The molecule has 0 radical (unpaired) electrons. The van der Waals surface area contributed by atoms with Crippen molar-refractivity contribution in [2.45, 2.75) is 12.8 Å². The Balaban J connectivity index is 1.83. The highest BCUT2D eigenvalue weighted by Gasteiger charge is 2.33. The van der Waals surface area contributed by atoms with Crippen LogP contribution < -0.4 is 9.64 Å². The molecule has 3 rings (SSSR count). The third-order valence-electron chi connectivity index (χ3n) is 3.54.